The van der Waals surface area contributed by atoms with Crippen molar-refractivity contribution in [1.82, 2.24) is 15.3 Å². The van der Waals surface area contributed by atoms with E-state index in [4.69, 9.17) is 9.47 Å². The number of rotatable bonds is 8. The van der Waals surface area contributed by atoms with Crippen LogP contribution in [0.5, 0.6) is 0 Å². The molecule has 1 aliphatic heterocycles. The minimum absolute atomic E-state index is 0.224. The van der Waals surface area contributed by atoms with E-state index in [1.165, 1.54) is 6.42 Å². The fourth-order valence-corrected chi connectivity index (χ4v) is 2.42. The van der Waals surface area contributed by atoms with Crippen molar-refractivity contribution in [2.45, 2.75) is 45.3 Å². The Morgan fingerprint density at radius 3 is 3.05 bits per heavy atom. The van der Waals surface area contributed by atoms with Crippen LogP contribution >= 0.6 is 0 Å². The highest BCUT2D eigenvalue weighted by Gasteiger charge is 2.15. The molecule has 2 heterocycles. The van der Waals surface area contributed by atoms with E-state index in [2.05, 4.69) is 22.2 Å². The molecule has 2 atom stereocenters. The van der Waals surface area contributed by atoms with E-state index in [0.717, 1.165) is 50.6 Å². The smallest absolute Gasteiger partial charge is 0.0809 e. The number of ether oxygens (including phenoxy) is 2. The lowest BCUT2D eigenvalue weighted by atomic mass is 10.2. The summed E-state index contributed by atoms with van der Waals surface area (Å²) in [5.41, 5.74) is 2.01. The van der Waals surface area contributed by atoms with Crippen molar-refractivity contribution in [3.05, 3.63) is 23.8 Å². The van der Waals surface area contributed by atoms with Crippen LogP contribution in [0.3, 0.4) is 0 Å². The summed E-state index contributed by atoms with van der Waals surface area (Å²) < 4.78 is 11.1. The van der Waals surface area contributed by atoms with Gasteiger partial charge in [0.2, 0.25) is 0 Å². The molecule has 1 aliphatic rings. The maximum absolute atomic E-state index is 5.64. The summed E-state index contributed by atoms with van der Waals surface area (Å²) in [4.78, 5) is 8.63. The van der Waals surface area contributed by atoms with Gasteiger partial charge in [0.1, 0.15) is 0 Å². The van der Waals surface area contributed by atoms with E-state index in [1.54, 1.807) is 12.4 Å². The van der Waals surface area contributed by atoms with E-state index in [9.17, 15) is 0 Å². The highest BCUT2D eigenvalue weighted by molar-refractivity contribution is 5.12. The maximum atomic E-state index is 5.64. The third kappa shape index (κ3) is 4.81. The lowest BCUT2D eigenvalue weighted by Crippen LogP contribution is -2.23. The zero-order valence-electron chi connectivity index (χ0n) is 12.5. The number of nitrogens with one attached hydrogen (secondary N) is 1. The van der Waals surface area contributed by atoms with Crippen LogP contribution in [0.25, 0.3) is 0 Å². The van der Waals surface area contributed by atoms with Crippen LogP contribution in [0.1, 0.15) is 43.6 Å². The zero-order chi connectivity index (χ0) is 14.2. The largest absolute Gasteiger partial charge is 0.379 e. The topological polar surface area (TPSA) is 56.3 Å². The Kier molecular flexibility index (Phi) is 6.36. The minimum Gasteiger partial charge on any atom is -0.379 e. The SMILES string of the molecule is Cc1nccnc1C(C)NCCCOCC1CCCO1. The van der Waals surface area contributed by atoms with Crippen LogP contribution in [0.4, 0.5) is 0 Å². The van der Waals surface area contributed by atoms with Gasteiger partial charge in [-0.05, 0) is 39.7 Å². The summed E-state index contributed by atoms with van der Waals surface area (Å²) >= 11 is 0. The third-order valence-corrected chi connectivity index (χ3v) is 3.57. The summed E-state index contributed by atoms with van der Waals surface area (Å²) in [5.74, 6) is 0. The van der Waals surface area contributed by atoms with E-state index in [0.29, 0.717) is 6.10 Å². The quantitative estimate of drug-likeness (QED) is 0.738. The lowest BCUT2D eigenvalue weighted by Gasteiger charge is -2.15. The molecule has 0 spiro atoms. The number of hydrogen-bond donors (Lipinski definition) is 1. The van der Waals surface area contributed by atoms with Gasteiger partial charge in [-0.3, -0.25) is 9.97 Å². The molecule has 0 aliphatic carbocycles. The first kappa shape index (κ1) is 15.4. The van der Waals surface area contributed by atoms with Crippen molar-refractivity contribution in [3.8, 4) is 0 Å². The van der Waals surface area contributed by atoms with E-state index >= 15 is 0 Å². The van der Waals surface area contributed by atoms with Crippen molar-refractivity contribution in [3.63, 3.8) is 0 Å². The molecule has 0 saturated carbocycles. The predicted octanol–water partition coefficient (Wildman–Crippen LogP) is 2.02. The van der Waals surface area contributed by atoms with Crippen LogP contribution in [0.2, 0.25) is 0 Å². The lowest BCUT2D eigenvalue weighted by molar-refractivity contribution is 0.0165. The standard InChI is InChI=1S/C15H25N3O2/c1-12(15-13(2)17-7-8-18-15)16-6-4-9-19-11-14-5-3-10-20-14/h7-8,12,14,16H,3-6,9-11H2,1-2H3. The van der Waals surface area contributed by atoms with Gasteiger partial charge in [0.15, 0.2) is 0 Å². The summed E-state index contributed by atoms with van der Waals surface area (Å²) in [6.45, 7) is 7.43. The second-order valence-electron chi connectivity index (χ2n) is 5.27. The van der Waals surface area contributed by atoms with Gasteiger partial charge in [-0.15, -0.1) is 0 Å². The summed E-state index contributed by atoms with van der Waals surface area (Å²) in [6, 6.07) is 0.224. The highest BCUT2D eigenvalue weighted by atomic mass is 16.5. The number of aromatic nitrogens is 2. The molecule has 0 aromatic carbocycles. The van der Waals surface area contributed by atoms with Crippen molar-refractivity contribution in [2.75, 3.05) is 26.4 Å². The van der Waals surface area contributed by atoms with Crippen LogP contribution in [0, 0.1) is 6.92 Å². The number of hydrogen-bond acceptors (Lipinski definition) is 5. The molecule has 1 fully saturated rings. The summed E-state index contributed by atoms with van der Waals surface area (Å²) in [7, 11) is 0. The Balaban J connectivity index is 1.55. The molecule has 112 valence electrons. The van der Waals surface area contributed by atoms with Gasteiger partial charge < -0.3 is 14.8 Å². The molecule has 0 bridgehead atoms. The first-order chi connectivity index (χ1) is 9.77. The molecule has 1 saturated heterocycles. The Labute approximate surface area is 121 Å². The molecule has 20 heavy (non-hydrogen) atoms. The Hall–Kier alpha value is -1.04. The van der Waals surface area contributed by atoms with Crippen LogP contribution in [-0.4, -0.2) is 42.4 Å². The molecule has 0 amide bonds. The molecular weight excluding hydrogens is 254 g/mol. The van der Waals surface area contributed by atoms with Crippen molar-refractivity contribution in [1.29, 1.82) is 0 Å². The average Bonchev–Trinajstić information content (AvgIpc) is 2.96. The van der Waals surface area contributed by atoms with Crippen LogP contribution in [0.15, 0.2) is 12.4 Å². The van der Waals surface area contributed by atoms with Gasteiger partial charge in [0.25, 0.3) is 0 Å². The van der Waals surface area contributed by atoms with Crippen molar-refractivity contribution >= 4 is 0 Å². The number of nitrogens with zero attached hydrogens (tertiary/aromatic N) is 2. The Bertz CT molecular complexity index is 394. The second kappa shape index (κ2) is 8.29. The Morgan fingerprint density at radius 1 is 1.45 bits per heavy atom. The molecular formula is C15H25N3O2. The van der Waals surface area contributed by atoms with Crippen molar-refractivity contribution in [2.24, 2.45) is 0 Å². The average molecular weight is 279 g/mol. The molecule has 1 N–H and O–H groups in total. The molecule has 2 unspecified atom stereocenters. The molecule has 1 aromatic heterocycles. The molecule has 2 rings (SSSR count). The van der Waals surface area contributed by atoms with E-state index in [-0.39, 0.29) is 6.04 Å². The Morgan fingerprint density at radius 2 is 2.30 bits per heavy atom. The van der Waals surface area contributed by atoms with Gasteiger partial charge in [-0.1, -0.05) is 0 Å². The second-order valence-corrected chi connectivity index (χ2v) is 5.27. The molecule has 5 heteroatoms. The van der Waals surface area contributed by atoms with Gasteiger partial charge in [0.05, 0.1) is 24.1 Å². The van der Waals surface area contributed by atoms with Gasteiger partial charge in [-0.2, -0.15) is 0 Å². The van der Waals surface area contributed by atoms with Gasteiger partial charge in [-0.25, -0.2) is 0 Å². The zero-order valence-corrected chi connectivity index (χ0v) is 12.5. The molecule has 0 radical (unpaired) electrons. The van der Waals surface area contributed by atoms with E-state index in [1.807, 2.05) is 6.92 Å². The van der Waals surface area contributed by atoms with Crippen LogP contribution in [-0.2, 0) is 9.47 Å². The summed E-state index contributed by atoms with van der Waals surface area (Å²) in [5, 5.41) is 3.45. The fraction of sp³-hybridized carbons (Fsp3) is 0.733. The first-order valence-corrected chi connectivity index (χ1v) is 7.47. The third-order valence-electron chi connectivity index (χ3n) is 3.57. The molecule has 1 aromatic rings. The van der Waals surface area contributed by atoms with Gasteiger partial charge >= 0.3 is 0 Å². The van der Waals surface area contributed by atoms with Crippen molar-refractivity contribution < 1.29 is 9.47 Å². The minimum atomic E-state index is 0.224. The van der Waals surface area contributed by atoms with Gasteiger partial charge in [0, 0.05) is 31.6 Å². The molecule has 5 nitrogen and oxygen atoms in total. The van der Waals surface area contributed by atoms with Crippen LogP contribution < -0.4 is 5.32 Å². The maximum Gasteiger partial charge on any atom is 0.0809 e. The summed E-state index contributed by atoms with van der Waals surface area (Å²) in [6.07, 6.45) is 7.10. The first-order valence-electron chi connectivity index (χ1n) is 7.47. The number of aryl methyl sites for hydroxylation is 1. The normalized spacial score (nSPS) is 20.2. The van der Waals surface area contributed by atoms with E-state index < -0.39 is 0 Å². The fourth-order valence-electron chi connectivity index (χ4n) is 2.42. The monoisotopic (exact) mass is 279 g/mol. The highest BCUT2D eigenvalue weighted by Crippen LogP contribution is 2.12. The predicted molar refractivity (Wildman–Crippen MR) is 77.6 cm³/mol.